The molecule has 0 bridgehead atoms. The van der Waals surface area contributed by atoms with E-state index in [1.165, 1.54) is 16.5 Å². The Morgan fingerprint density at radius 2 is 1.00 bits per heavy atom. The third-order valence-electron chi connectivity index (χ3n) is 8.04. The van der Waals surface area contributed by atoms with Crippen molar-refractivity contribution in [1.82, 2.24) is 0 Å². The molecule has 0 atom stereocenters. The second-order valence-corrected chi connectivity index (χ2v) is 10.6. The zero-order valence-electron chi connectivity index (χ0n) is 22.9. The van der Waals surface area contributed by atoms with Gasteiger partial charge >= 0.3 is 0 Å². The van der Waals surface area contributed by atoms with Crippen LogP contribution in [0.5, 0.6) is 0 Å². The van der Waals surface area contributed by atoms with Crippen LogP contribution in [-0.4, -0.2) is 0 Å². The summed E-state index contributed by atoms with van der Waals surface area (Å²) >= 11 is 0. The highest BCUT2D eigenvalue weighted by atomic mass is 16.3. The number of rotatable bonds is 5. The van der Waals surface area contributed by atoms with E-state index in [0.717, 1.165) is 55.5 Å². The van der Waals surface area contributed by atoms with E-state index in [0.29, 0.717) is 0 Å². The van der Waals surface area contributed by atoms with Gasteiger partial charge in [0.1, 0.15) is 11.2 Å². The lowest BCUT2D eigenvalue weighted by atomic mass is 9.97. The molecule has 0 aliphatic rings. The molecule has 0 radical (unpaired) electrons. The molecule has 0 saturated carbocycles. The predicted molar refractivity (Wildman–Crippen MR) is 177 cm³/mol. The average Bonchev–Trinajstić information content (AvgIpc) is 3.45. The molecule has 0 amide bonds. The van der Waals surface area contributed by atoms with Crippen LogP contribution in [0.1, 0.15) is 0 Å². The standard InChI is InChI=1S/C40H27NO/c1-4-12-28(13-5-1)29-20-23-33(24-21-29)41(32-17-8-3-9-18-32)34-26-37(30-14-6-2-7-15-30)39-36-25-22-31-16-10-11-19-35(31)40(36)42-38(39)27-34/h1-27H. The molecule has 1 aromatic heterocycles. The van der Waals surface area contributed by atoms with Gasteiger partial charge in [-0.25, -0.2) is 0 Å². The Kier molecular flexibility index (Phi) is 5.82. The largest absolute Gasteiger partial charge is 0.455 e. The second kappa shape index (κ2) is 10.1. The maximum atomic E-state index is 6.74. The molecule has 0 saturated heterocycles. The van der Waals surface area contributed by atoms with E-state index in [9.17, 15) is 0 Å². The van der Waals surface area contributed by atoms with Crippen LogP contribution in [-0.2, 0) is 0 Å². The Morgan fingerprint density at radius 3 is 1.74 bits per heavy atom. The summed E-state index contributed by atoms with van der Waals surface area (Å²) in [5.41, 5.74) is 9.73. The fourth-order valence-electron chi connectivity index (χ4n) is 6.05. The van der Waals surface area contributed by atoms with Gasteiger partial charge in [-0.05, 0) is 64.0 Å². The molecule has 0 aliphatic heterocycles. The van der Waals surface area contributed by atoms with Crippen LogP contribution in [0.25, 0.3) is 55.0 Å². The molecule has 8 aromatic rings. The van der Waals surface area contributed by atoms with E-state index >= 15 is 0 Å². The van der Waals surface area contributed by atoms with E-state index < -0.39 is 0 Å². The smallest absolute Gasteiger partial charge is 0.143 e. The van der Waals surface area contributed by atoms with Gasteiger partial charge < -0.3 is 9.32 Å². The number of furan rings is 1. The molecule has 7 aromatic carbocycles. The van der Waals surface area contributed by atoms with E-state index in [1.807, 2.05) is 0 Å². The van der Waals surface area contributed by atoms with Crippen LogP contribution >= 0.6 is 0 Å². The number of nitrogens with zero attached hydrogens (tertiary/aromatic N) is 1. The molecule has 0 unspecified atom stereocenters. The molecule has 8 rings (SSSR count). The summed E-state index contributed by atoms with van der Waals surface area (Å²) in [5, 5.41) is 4.57. The third-order valence-corrected chi connectivity index (χ3v) is 8.04. The highest BCUT2D eigenvalue weighted by Crippen LogP contribution is 2.44. The molecule has 1 heterocycles. The Balaban J connectivity index is 1.38. The monoisotopic (exact) mass is 537 g/mol. The van der Waals surface area contributed by atoms with Gasteiger partial charge in [0.2, 0.25) is 0 Å². The quantitative estimate of drug-likeness (QED) is 0.217. The van der Waals surface area contributed by atoms with E-state index in [-0.39, 0.29) is 0 Å². The highest BCUT2D eigenvalue weighted by molar-refractivity contribution is 6.19. The van der Waals surface area contributed by atoms with Crippen molar-refractivity contribution in [2.75, 3.05) is 4.90 Å². The van der Waals surface area contributed by atoms with Crippen molar-refractivity contribution >= 4 is 49.8 Å². The normalized spacial score (nSPS) is 11.3. The van der Waals surface area contributed by atoms with Crippen molar-refractivity contribution in [2.45, 2.75) is 0 Å². The fraction of sp³-hybridized carbons (Fsp3) is 0. The van der Waals surface area contributed by atoms with Crippen molar-refractivity contribution in [1.29, 1.82) is 0 Å². The minimum Gasteiger partial charge on any atom is -0.455 e. The Morgan fingerprint density at radius 1 is 0.405 bits per heavy atom. The SMILES string of the molecule is c1ccc(-c2ccc(N(c3ccccc3)c3cc(-c4ccccc4)c4c(c3)oc3c5ccccc5ccc34)cc2)cc1. The summed E-state index contributed by atoms with van der Waals surface area (Å²) in [6.45, 7) is 0. The first-order valence-electron chi connectivity index (χ1n) is 14.3. The first-order valence-corrected chi connectivity index (χ1v) is 14.3. The average molecular weight is 538 g/mol. The van der Waals surface area contributed by atoms with Crippen LogP contribution < -0.4 is 4.90 Å². The number of benzene rings is 7. The van der Waals surface area contributed by atoms with Gasteiger partial charge in [-0.15, -0.1) is 0 Å². The van der Waals surface area contributed by atoms with Crippen molar-refractivity contribution in [3.05, 3.63) is 164 Å². The van der Waals surface area contributed by atoms with Gasteiger partial charge in [0.05, 0.1) is 5.69 Å². The van der Waals surface area contributed by atoms with Crippen LogP contribution in [0.3, 0.4) is 0 Å². The lowest BCUT2D eigenvalue weighted by molar-refractivity contribution is 0.673. The molecular formula is C40H27NO. The summed E-state index contributed by atoms with van der Waals surface area (Å²) in [7, 11) is 0. The Labute approximate surface area is 244 Å². The van der Waals surface area contributed by atoms with Gasteiger partial charge in [-0.3, -0.25) is 0 Å². The van der Waals surface area contributed by atoms with E-state index in [4.69, 9.17) is 4.42 Å². The van der Waals surface area contributed by atoms with Gasteiger partial charge in [-0.1, -0.05) is 121 Å². The number of hydrogen-bond donors (Lipinski definition) is 0. The summed E-state index contributed by atoms with van der Waals surface area (Å²) in [4.78, 5) is 2.31. The van der Waals surface area contributed by atoms with Gasteiger partial charge in [0, 0.05) is 33.6 Å². The Bertz CT molecular complexity index is 2160. The van der Waals surface area contributed by atoms with Crippen molar-refractivity contribution < 1.29 is 4.42 Å². The summed E-state index contributed by atoms with van der Waals surface area (Å²) in [6, 6.07) is 57.8. The van der Waals surface area contributed by atoms with Gasteiger partial charge in [0.15, 0.2) is 0 Å². The minimum atomic E-state index is 0.875. The van der Waals surface area contributed by atoms with E-state index in [2.05, 4.69) is 169 Å². The van der Waals surface area contributed by atoms with Crippen LogP contribution in [0, 0.1) is 0 Å². The van der Waals surface area contributed by atoms with Crippen LogP contribution in [0.2, 0.25) is 0 Å². The molecule has 0 aliphatic carbocycles. The molecular weight excluding hydrogens is 510 g/mol. The second-order valence-electron chi connectivity index (χ2n) is 10.6. The molecule has 0 N–H and O–H groups in total. The van der Waals surface area contributed by atoms with Crippen LogP contribution in [0.15, 0.2) is 168 Å². The lowest BCUT2D eigenvalue weighted by Crippen LogP contribution is -2.10. The predicted octanol–water partition coefficient (Wildman–Crippen LogP) is 11.5. The van der Waals surface area contributed by atoms with Crippen molar-refractivity contribution in [3.63, 3.8) is 0 Å². The number of anilines is 3. The summed E-state index contributed by atoms with van der Waals surface area (Å²) < 4.78 is 6.74. The molecule has 198 valence electrons. The molecule has 2 heteroatoms. The first kappa shape index (κ1) is 24.2. The maximum absolute atomic E-state index is 6.74. The molecule has 2 nitrogen and oxygen atoms in total. The van der Waals surface area contributed by atoms with Gasteiger partial charge in [0.25, 0.3) is 0 Å². The zero-order valence-corrected chi connectivity index (χ0v) is 22.9. The lowest BCUT2D eigenvalue weighted by Gasteiger charge is -2.26. The van der Waals surface area contributed by atoms with E-state index in [1.54, 1.807) is 0 Å². The maximum Gasteiger partial charge on any atom is 0.143 e. The fourth-order valence-corrected chi connectivity index (χ4v) is 6.05. The van der Waals surface area contributed by atoms with Crippen molar-refractivity contribution in [2.24, 2.45) is 0 Å². The summed E-state index contributed by atoms with van der Waals surface area (Å²) in [5.74, 6) is 0. The minimum absolute atomic E-state index is 0.875. The number of hydrogen-bond acceptors (Lipinski definition) is 2. The van der Waals surface area contributed by atoms with Crippen molar-refractivity contribution in [3.8, 4) is 22.3 Å². The zero-order chi connectivity index (χ0) is 27.9. The summed E-state index contributed by atoms with van der Waals surface area (Å²) in [6.07, 6.45) is 0. The molecule has 0 fully saturated rings. The highest BCUT2D eigenvalue weighted by Gasteiger charge is 2.20. The van der Waals surface area contributed by atoms with Crippen LogP contribution in [0.4, 0.5) is 17.1 Å². The number of para-hydroxylation sites is 1. The molecule has 0 spiro atoms. The van der Waals surface area contributed by atoms with Gasteiger partial charge in [-0.2, -0.15) is 0 Å². The first-order chi connectivity index (χ1) is 20.8. The number of fused-ring (bicyclic) bond motifs is 5. The topological polar surface area (TPSA) is 16.4 Å². The third kappa shape index (κ3) is 4.13. The Hall–Kier alpha value is -5.60. The molecule has 42 heavy (non-hydrogen) atoms.